The van der Waals surface area contributed by atoms with Gasteiger partial charge >= 0.3 is 0 Å². The highest BCUT2D eigenvalue weighted by Crippen LogP contribution is 2.20. The first-order valence-electron chi connectivity index (χ1n) is 11.5. The number of rotatable bonds is 7. The molecule has 0 aliphatic carbocycles. The van der Waals surface area contributed by atoms with Crippen molar-refractivity contribution in [2.24, 2.45) is 5.92 Å². The Morgan fingerprint density at radius 2 is 1.61 bits per heavy atom. The Labute approximate surface area is 196 Å². The molecule has 2 fully saturated rings. The smallest absolute Gasteiger partial charge is 0.290 e. The van der Waals surface area contributed by atoms with Crippen molar-refractivity contribution in [3.05, 3.63) is 35.4 Å². The van der Waals surface area contributed by atoms with E-state index in [1.807, 2.05) is 17.0 Å². The van der Waals surface area contributed by atoms with Crippen LogP contribution in [0.2, 0.25) is 0 Å². The number of amides is 1. The van der Waals surface area contributed by atoms with Crippen LogP contribution in [0.4, 0.5) is 0 Å². The van der Waals surface area contributed by atoms with Crippen molar-refractivity contribution in [1.29, 1.82) is 0 Å². The van der Waals surface area contributed by atoms with Gasteiger partial charge in [0.15, 0.2) is 0 Å². The fraction of sp³-hybridized carbons (Fsp3) is 0.625. The molecule has 2 heterocycles. The molecule has 2 aliphatic heterocycles. The summed E-state index contributed by atoms with van der Waals surface area (Å²) >= 11 is 0. The van der Waals surface area contributed by atoms with Crippen LogP contribution >= 0.6 is 0 Å². The Morgan fingerprint density at radius 1 is 1.03 bits per heavy atom. The molecule has 9 nitrogen and oxygen atoms in total. The van der Waals surface area contributed by atoms with Crippen LogP contribution in [0, 0.1) is 5.92 Å². The maximum absolute atomic E-state index is 13.1. The molecule has 2 aliphatic rings. The van der Waals surface area contributed by atoms with Gasteiger partial charge in [0.25, 0.3) is 18.9 Å². The molecule has 2 atom stereocenters. The summed E-state index contributed by atoms with van der Waals surface area (Å²) in [5, 5.41) is 13.8. The Morgan fingerprint density at radius 3 is 2.15 bits per heavy atom. The van der Waals surface area contributed by atoms with E-state index in [0.29, 0.717) is 12.0 Å². The van der Waals surface area contributed by atoms with Gasteiger partial charge < -0.3 is 19.8 Å². The van der Waals surface area contributed by atoms with Crippen LogP contribution < -0.4 is 0 Å². The Hall–Kier alpha value is -2.49. The number of benzene rings is 1. The second-order valence-electron chi connectivity index (χ2n) is 8.39. The van der Waals surface area contributed by atoms with Gasteiger partial charge in [-0.2, -0.15) is 0 Å². The number of hydrogen-bond acceptors (Lipinski definition) is 6. The number of carboxylic acid groups (broad SMARTS) is 2. The minimum Gasteiger partial charge on any atom is -0.483 e. The first-order valence-corrected chi connectivity index (χ1v) is 11.5. The van der Waals surface area contributed by atoms with Crippen molar-refractivity contribution in [3.63, 3.8) is 0 Å². The standard InChI is InChI=1S/C22H35N3O2.2CH2O2/c1-4-10-24(11-5-2)13-18-6-8-20(9-7-18)22(26)25-14-19-12-23(3)21(15-25)17-27-16-19;2*2-1-3/h6-9,19,21H,4-5,10-17H2,1-3H3;2*1H,(H,2,3)/t19-,21+;;/m1../s1. The highest BCUT2D eigenvalue weighted by atomic mass is 16.5. The quantitative estimate of drug-likeness (QED) is 0.589. The third kappa shape index (κ3) is 9.89. The van der Waals surface area contributed by atoms with Crippen LogP contribution in [-0.2, 0) is 20.9 Å². The lowest BCUT2D eigenvalue weighted by Gasteiger charge is -2.30. The first kappa shape index (κ1) is 28.5. The molecule has 0 saturated carbocycles. The van der Waals surface area contributed by atoms with E-state index in [0.717, 1.165) is 58.0 Å². The van der Waals surface area contributed by atoms with Crippen molar-refractivity contribution < 1.29 is 29.3 Å². The summed E-state index contributed by atoms with van der Waals surface area (Å²) in [5.41, 5.74) is 2.09. The number of ether oxygens (including phenoxy) is 1. The van der Waals surface area contributed by atoms with Crippen LogP contribution in [0.5, 0.6) is 0 Å². The van der Waals surface area contributed by atoms with Gasteiger partial charge in [-0.3, -0.25) is 24.2 Å². The van der Waals surface area contributed by atoms with Gasteiger partial charge in [-0.1, -0.05) is 26.0 Å². The van der Waals surface area contributed by atoms with Crippen molar-refractivity contribution in [3.8, 4) is 0 Å². The molecule has 2 bridgehead atoms. The van der Waals surface area contributed by atoms with Gasteiger partial charge in [0.05, 0.1) is 19.3 Å². The normalized spacial score (nSPS) is 19.9. The minimum absolute atomic E-state index is 0.160. The molecule has 0 unspecified atom stereocenters. The third-order valence-corrected chi connectivity index (χ3v) is 5.72. The molecular formula is C24H39N3O6. The Balaban J connectivity index is 0.000000819. The number of nitrogens with zero attached hydrogens (tertiary/aromatic N) is 3. The van der Waals surface area contributed by atoms with Crippen LogP contribution in [0.1, 0.15) is 42.6 Å². The number of likely N-dealkylation sites (N-methyl/N-ethyl adjacent to an activating group) is 1. The van der Waals surface area contributed by atoms with E-state index in [4.69, 9.17) is 24.5 Å². The highest BCUT2D eigenvalue weighted by Gasteiger charge is 2.33. The molecule has 2 N–H and O–H groups in total. The van der Waals surface area contributed by atoms with E-state index in [9.17, 15) is 4.79 Å². The van der Waals surface area contributed by atoms with E-state index in [1.165, 1.54) is 18.4 Å². The SMILES string of the molecule is CCCN(CCC)Cc1ccc(C(=O)N2C[C@@H]3COC[C@H](C2)N(C)C3)cc1.O=CO.O=CO. The molecule has 1 aromatic carbocycles. The summed E-state index contributed by atoms with van der Waals surface area (Å²) in [6, 6.07) is 8.57. The zero-order valence-corrected chi connectivity index (χ0v) is 20.1. The maximum Gasteiger partial charge on any atom is 0.290 e. The van der Waals surface area contributed by atoms with E-state index in [-0.39, 0.29) is 18.9 Å². The van der Waals surface area contributed by atoms with Crippen LogP contribution in [0.15, 0.2) is 24.3 Å². The molecule has 1 amide bonds. The fourth-order valence-electron chi connectivity index (χ4n) is 4.31. The molecule has 33 heavy (non-hydrogen) atoms. The van der Waals surface area contributed by atoms with Gasteiger partial charge in [-0.05, 0) is 50.7 Å². The second kappa shape index (κ2) is 16.2. The number of carbonyl (C=O) groups is 3. The van der Waals surface area contributed by atoms with Crippen molar-refractivity contribution in [1.82, 2.24) is 14.7 Å². The predicted molar refractivity (Wildman–Crippen MR) is 126 cm³/mol. The molecule has 0 aromatic heterocycles. The molecule has 1 aromatic rings. The largest absolute Gasteiger partial charge is 0.483 e. The summed E-state index contributed by atoms with van der Waals surface area (Å²) in [5.74, 6) is 0.565. The summed E-state index contributed by atoms with van der Waals surface area (Å²) in [6.07, 6.45) is 2.35. The molecule has 3 rings (SSSR count). The molecule has 186 valence electrons. The van der Waals surface area contributed by atoms with Gasteiger partial charge in [-0.25, -0.2) is 0 Å². The monoisotopic (exact) mass is 465 g/mol. The lowest BCUT2D eigenvalue weighted by molar-refractivity contribution is -0.123. The summed E-state index contributed by atoms with van der Waals surface area (Å²) in [7, 11) is 2.15. The molecule has 0 spiro atoms. The Bertz CT molecular complexity index is 688. The van der Waals surface area contributed by atoms with Crippen LogP contribution in [0.25, 0.3) is 0 Å². The van der Waals surface area contributed by atoms with E-state index < -0.39 is 0 Å². The number of carbonyl (C=O) groups excluding carboxylic acids is 1. The minimum atomic E-state index is -0.250. The molecule has 9 heteroatoms. The van der Waals surface area contributed by atoms with Gasteiger partial charge in [-0.15, -0.1) is 0 Å². The van der Waals surface area contributed by atoms with Crippen molar-refractivity contribution in [2.75, 3.05) is 53.0 Å². The molecular weight excluding hydrogens is 426 g/mol. The third-order valence-electron chi connectivity index (χ3n) is 5.72. The fourth-order valence-corrected chi connectivity index (χ4v) is 4.31. The summed E-state index contributed by atoms with van der Waals surface area (Å²) in [4.78, 5) is 36.7. The lowest BCUT2D eigenvalue weighted by atomic mass is 10.1. The van der Waals surface area contributed by atoms with E-state index in [1.54, 1.807) is 0 Å². The Kier molecular flexibility index (Phi) is 14.0. The maximum atomic E-state index is 13.1. The number of hydrogen-bond donors (Lipinski definition) is 2. The van der Waals surface area contributed by atoms with E-state index in [2.05, 4.69) is 42.8 Å². The van der Waals surface area contributed by atoms with Gasteiger partial charge in [0.1, 0.15) is 0 Å². The average Bonchev–Trinajstić information content (AvgIpc) is 3.04. The van der Waals surface area contributed by atoms with Crippen molar-refractivity contribution in [2.45, 2.75) is 39.3 Å². The van der Waals surface area contributed by atoms with Gasteiger partial charge in [0.2, 0.25) is 0 Å². The van der Waals surface area contributed by atoms with Crippen molar-refractivity contribution >= 4 is 18.9 Å². The summed E-state index contributed by atoms with van der Waals surface area (Å²) < 4.78 is 5.77. The first-order chi connectivity index (χ1) is 15.9. The highest BCUT2D eigenvalue weighted by molar-refractivity contribution is 5.94. The molecule has 2 saturated heterocycles. The van der Waals surface area contributed by atoms with Gasteiger partial charge in [0, 0.05) is 37.7 Å². The second-order valence-corrected chi connectivity index (χ2v) is 8.39. The number of fused-ring (bicyclic) bond motifs is 3. The topological polar surface area (TPSA) is 111 Å². The molecule has 0 radical (unpaired) electrons. The lowest BCUT2D eigenvalue weighted by Crippen LogP contribution is -2.44. The summed E-state index contributed by atoms with van der Waals surface area (Å²) in [6.45, 7) is 11.2. The zero-order chi connectivity index (χ0) is 24.6. The predicted octanol–water partition coefficient (Wildman–Crippen LogP) is 2.11. The van der Waals surface area contributed by atoms with Crippen LogP contribution in [-0.4, -0.2) is 103 Å². The zero-order valence-electron chi connectivity index (χ0n) is 20.1. The van der Waals surface area contributed by atoms with Crippen LogP contribution in [0.3, 0.4) is 0 Å². The van der Waals surface area contributed by atoms with E-state index >= 15 is 0 Å². The average molecular weight is 466 g/mol.